The number of fused-ring (bicyclic) bond motifs is 1. The molecule has 0 bridgehead atoms. The van der Waals surface area contributed by atoms with Crippen LogP contribution in [-0.2, 0) is 6.54 Å². The minimum atomic E-state index is -0.853. The lowest BCUT2D eigenvalue weighted by Crippen LogP contribution is -2.41. The number of ether oxygens (including phenoxy) is 1. The average Bonchev–Trinajstić information content (AvgIpc) is 3.20. The van der Waals surface area contributed by atoms with E-state index in [0.717, 1.165) is 54.8 Å². The predicted octanol–water partition coefficient (Wildman–Crippen LogP) is 2.37. The van der Waals surface area contributed by atoms with Crippen LogP contribution >= 0.6 is 0 Å². The Balaban J connectivity index is 1.33. The second kappa shape index (κ2) is 9.26. The highest BCUT2D eigenvalue weighted by atomic mass is 16.5. The Labute approximate surface area is 170 Å². The van der Waals surface area contributed by atoms with E-state index in [-0.39, 0.29) is 13.2 Å². The molecule has 0 radical (unpaired) electrons. The quantitative estimate of drug-likeness (QED) is 0.467. The topological polar surface area (TPSA) is 93.6 Å². The fourth-order valence-electron chi connectivity index (χ4n) is 3.82. The molecule has 1 aliphatic rings. The molecule has 154 valence electrons. The summed E-state index contributed by atoms with van der Waals surface area (Å²) in [5.74, 6) is 0.718. The van der Waals surface area contributed by atoms with Crippen molar-refractivity contribution in [1.29, 1.82) is 0 Å². The molecular formula is C22H28N4O3. The van der Waals surface area contributed by atoms with Crippen molar-refractivity contribution in [3.8, 4) is 5.75 Å². The van der Waals surface area contributed by atoms with Gasteiger partial charge in [-0.15, -0.1) is 0 Å². The third kappa shape index (κ3) is 5.26. The summed E-state index contributed by atoms with van der Waals surface area (Å²) in [7, 11) is 0. The molecule has 2 aromatic carbocycles. The van der Waals surface area contributed by atoms with Gasteiger partial charge in [0.05, 0.1) is 18.3 Å². The first-order valence-corrected chi connectivity index (χ1v) is 10.1. The van der Waals surface area contributed by atoms with E-state index in [1.54, 1.807) is 0 Å². The van der Waals surface area contributed by atoms with Crippen LogP contribution in [0.1, 0.15) is 18.4 Å². The zero-order valence-electron chi connectivity index (χ0n) is 16.4. The maximum absolute atomic E-state index is 9.45. The summed E-state index contributed by atoms with van der Waals surface area (Å²) in [5.41, 5.74) is 3.36. The molecule has 4 rings (SSSR count). The second-order valence-corrected chi connectivity index (χ2v) is 7.69. The second-order valence-electron chi connectivity index (χ2n) is 7.69. The highest BCUT2D eigenvalue weighted by molar-refractivity contribution is 5.81. The molecule has 1 unspecified atom stereocenters. The smallest absolute Gasteiger partial charge is 0.119 e. The Kier molecular flexibility index (Phi) is 6.29. The third-order valence-electron chi connectivity index (χ3n) is 5.27. The van der Waals surface area contributed by atoms with E-state index in [1.165, 1.54) is 5.56 Å². The van der Waals surface area contributed by atoms with Crippen molar-refractivity contribution < 1.29 is 14.9 Å². The van der Waals surface area contributed by atoms with Gasteiger partial charge in [0.1, 0.15) is 18.5 Å². The van der Waals surface area contributed by atoms with Gasteiger partial charge in [-0.1, -0.05) is 12.1 Å². The van der Waals surface area contributed by atoms with Crippen LogP contribution in [-0.4, -0.2) is 63.8 Å². The van der Waals surface area contributed by atoms with Crippen LogP contribution in [0.25, 0.3) is 10.9 Å². The van der Waals surface area contributed by atoms with Crippen molar-refractivity contribution in [1.82, 2.24) is 15.1 Å². The van der Waals surface area contributed by atoms with E-state index >= 15 is 0 Å². The maximum Gasteiger partial charge on any atom is 0.119 e. The largest absolute Gasteiger partial charge is 0.491 e. The van der Waals surface area contributed by atoms with Gasteiger partial charge in [0.2, 0.25) is 0 Å². The number of anilines is 1. The molecule has 1 saturated heterocycles. The molecule has 1 aliphatic heterocycles. The Morgan fingerprint density at radius 1 is 1.28 bits per heavy atom. The van der Waals surface area contributed by atoms with Crippen LogP contribution in [0.5, 0.6) is 5.75 Å². The zero-order valence-corrected chi connectivity index (χ0v) is 16.4. The van der Waals surface area contributed by atoms with Crippen LogP contribution in [0.2, 0.25) is 0 Å². The van der Waals surface area contributed by atoms with Gasteiger partial charge < -0.3 is 20.3 Å². The van der Waals surface area contributed by atoms with Crippen LogP contribution in [0, 0.1) is 0 Å². The number of hydrogen-bond acceptors (Lipinski definition) is 6. The molecule has 0 spiro atoms. The van der Waals surface area contributed by atoms with Gasteiger partial charge in [-0.3, -0.25) is 10.00 Å². The summed E-state index contributed by atoms with van der Waals surface area (Å²) in [4.78, 5) is 2.46. The molecule has 0 amide bonds. The molecule has 29 heavy (non-hydrogen) atoms. The number of aliphatic hydroxyl groups excluding tert-OH is 2. The highest BCUT2D eigenvalue weighted by Gasteiger charge is 2.20. The molecule has 1 fully saturated rings. The van der Waals surface area contributed by atoms with Gasteiger partial charge in [-0.2, -0.15) is 5.10 Å². The average molecular weight is 396 g/mol. The van der Waals surface area contributed by atoms with Crippen LogP contribution in [0.3, 0.4) is 0 Å². The summed E-state index contributed by atoms with van der Waals surface area (Å²) in [6.07, 6.45) is 3.31. The van der Waals surface area contributed by atoms with Crippen molar-refractivity contribution in [3.05, 3.63) is 54.2 Å². The molecule has 7 heteroatoms. The number of H-pyrrole nitrogens is 1. The minimum absolute atomic E-state index is 0.0939. The molecule has 2 atom stereocenters. The van der Waals surface area contributed by atoms with Crippen molar-refractivity contribution >= 4 is 16.6 Å². The first kappa shape index (κ1) is 19.7. The number of nitrogens with one attached hydrogen (secondary N) is 2. The number of hydrogen-bond donors (Lipinski definition) is 4. The lowest BCUT2D eigenvalue weighted by atomic mass is 10.0. The van der Waals surface area contributed by atoms with E-state index in [2.05, 4.69) is 44.7 Å². The van der Waals surface area contributed by atoms with Crippen molar-refractivity contribution in [3.63, 3.8) is 0 Å². The molecule has 3 aromatic rings. The van der Waals surface area contributed by atoms with Crippen LogP contribution in [0.4, 0.5) is 5.69 Å². The number of likely N-dealkylation sites (tertiary alicyclic amines) is 1. The first-order valence-electron chi connectivity index (χ1n) is 10.1. The van der Waals surface area contributed by atoms with E-state index in [4.69, 9.17) is 9.84 Å². The van der Waals surface area contributed by atoms with E-state index in [1.807, 2.05) is 24.4 Å². The van der Waals surface area contributed by atoms with E-state index < -0.39 is 6.10 Å². The van der Waals surface area contributed by atoms with Crippen molar-refractivity contribution in [2.75, 3.05) is 31.6 Å². The predicted molar refractivity (Wildman–Crippen MR) is 113 cm³/mol. The van der Waals surface area contributed by atoms with Crippen LogP contribution in [0.15, 0.2) is 48.7 Å². The number of aromatic nitrogens is 2. The Hall–Kier alpha value is -2.61. The van der Waals surface area contributed by atoms with Crippen molar-refractivity contribution in [2.45, 2.75) is 31.5 Å². The summed E-state index contributed by atoms with van der Waals surface area (Å²) in [6.45, 7) is 2.72. The van der Waals surface area contributed by atoms with Crippen molar-refractivity contribution in [2.24, 2.45) is 0 Å². The van der Waals surface area contributed by atoms with E-state index in [0.29, 0.717) is 6.04 Å². The maximum atomic E-state index is 9.45. The summed E-state index contributed by atoms with van der Waals surface area (Å²) in [5, 5.41) is 30.2. The fourth-order valence-corrected chi connectivity index (χ4v) is 3.82. The summed E-state index contributed by atoms with van der Waals surface area (Å²) in [6, 6.07) is 14.7. The molecule has 4 N–H and O–H groups in total. The first-order chi connectivity index (χ1) is 14.2. The summed E-state index contributed by atoms with van der Waals surface area (Å²) >= 11 is 0. The number of piperidine rings is 1. The van der Waals surface area contributed by atoms with Gasteiger partial charge in [-0.25, -0.2) is 0 Å². The SMILES string of the molecule is OC[C@H](O)COc1cccc(CN2CCCC(Nc3ccc4[nH]ncc4c3)C2)c1. The van der Waals surface area contributed by atoms with Gasteiger partial charge in [-0.05, 0) is 55.3 Å². The highest BCUT2D eigenvalue weighted by Crippen LogP contribution is 2.22. The standard InChI is InChI=1S/C22H28N4O3/c27-14-20(28)15-29-21-5-1-3-16(9-21)12-26-8-2-4-19(13-26)24-18-6-7-22-17(10-18)11-23-25-22/h1,3,5-7,9-11,19-20,24,27-28H,2,4,8,12-15H2,(H,23,25)/t19?,20-/m0/s1. The summed E-state index contributed by atoms with van der Waals surface area (Å²) < 4.78 is 5.57. The van der Waals surface area contributed by atoms with Gasteiger partial charge in [0, 0.05) is 30.2 Å². The normalized spacial score (nSPS) is 18.6. The molecule has 0 aliphatic carbocycles. The number of nitrogens with zero attached hydrogens (tertiary/aromatic N) is 2. The number of benzene rings is 2. The van der Waals surface area contributed by atoms with Gasteiger partial charge in [0.15, 0.2) is 0 Å². The van der Waals surface area contributed by atoms with Gasteiger partial charge in [0.25, 0.3) is 0 Å². The molecule has 7 nitrogen and oxygen atoms in total. The van der Waals surface area contributed by atoms with Crippen LogP contribution < -0.4 is 10.1 Å². The molecule has 0 saturated carbocycles. The Morgan fingerprint density at radius 2 is 2.21 bits per heavy atom. The van der Waals surface area contributed by atoms with E-state index in [9.17, 15) is 5.11 Å². The Bertz CT molecular complexity index is 929. The monoisotopic (exact) mass is 396 g/mol. The lowest BCUT2D eigenvalue weighted by molar-refractivity contribution is 0.0535. The fraction of sp³-hybridized carbons (Fsp3) is 0.409. The minimum Gasteiger partial charge on any atom is -0.491 e. The number of rotatable bonds is 8. The molecular weight excluding hydrogens is 368 g/mol. The molecule has 1 aromatic heterocycles. The number of aliphatic hydroxyl groups is 2. The lowest BCUT2D eigenvalue weighted by Gasteiger charge is -2.33. The molecule has 2 heterocycles. The number of aromatic amines is 1. The zero-order chi connectivity index (χ0) is 20.1. The third-order valence-corrected chi connectivity index (χ3v) is 5.27. The van der Waals surface area contributed by atoms with Gasteiger partial charge >= 0.3 is 0 Å². The Morgan fingerprint density at radius 3 is 3.10 bits per heavy atom.